The Kier molecular flexibility index (Phi) is 5.28. The fourth-order valence-electron chi connectivity index (χ4n) is 3.77. The molecular formula is C21H18ClFN6O2S. The summed E-state index contributed by atoms with van der Waals surface area (Å²) in [6, 6.07) is 13.1. The Bertz CT molecular complexity index is 1390. The van der Waals surface area contributed by atoms with Crippen molar-refractivity contribution in [2.45, 2.75) is 4.90 Å². The van der Waals surface area contributed by atoms with Crippen molar-refractivity contribution in [1.29, 1.82) is 0 Å². The standard InChI is InChI=1S/C21H18ClFN6O2S/c22-18-12-16(6-7-19(18)23)32(30,31)28-10-8-27(9-11-28)20-17-13-26-29(21(17)25-14-24-20)15-4-2-1-3-5-15/h1-7,12-14H,8-11H2. The van der Waals surface area contributed by atoms with Gasteiger partial charge in [-0.15, -0.1) is 0 Å². The minimum absolute atomic E-state index is 0.0223. The molecule has 32 heavy (non-hydrogen) atoms. The van der Waals surface area contributed by atoms with Gasteiger partial charge in [-0.05, 0) is 30.3 Å². The zero-order chi connectivity index (χ0) is 22.3. The van der Waals surface area contributed by atoms with Crippen LogP contribution >= 0.6 is 11.6 Å². The van der Waals surface area contributed by atoms with Crippen LogP contribution in [0.2, 0.25) is 5.02 Å². The first kappa shape index (κ1) is 20.8. The first-order valence-corrected chi connectivity index (χ1v) is 11.7. The molecule has 2 aromatic heterocycles. The third-order valence-electron chi connectivity index (χ3n) is 5.41. The smallest absolute Gasteiger partial charge is 0.243 e. The molecule has 11 heteroatoms. The molecule has 0 saturated carbocycles. The zero-order valence-electron chi connectivity index (χ0n) is 16.8. The number of aromatic nitrogens is 4. The van der Waals surface area contributed by atoms with Gasteiger partial charge in [-0.25, -0.2) is 27.5 Å². The van der Waals surface area contributed by atoms with Crippen molar-refractivity contribution < 1.29 is 12.8 Å². The summed E-state index contributed by atoms with van der Waals surface area (Å²) < 4.78 is 42.5. The number of para-hydroxylation sites is 1. The lowest BCUT2D eigenvalue weighted by atomic mass is 10.3. The van der Waals surface area contributed by atoms with Gasteiger partial charge in [0.25, 0.3) is 0 Å². The second-order valence-corrected chi connectivity index (χ2v) is 9.64. The largest absolute Gasteiger partial charge is 0.353 e. The third-order valence-corrected chi connectivity index (χ3v) is 7.60. The maximum Gasteiger partial charge on any atom is 0.243 e. The van der Waals surface area contributed by atoms with E-state index in [9.17, 15) is 12.8 Å². The van der Waals surface area contributed by atoms with Crippen molar-refractivity contribution in [3.63, 3.8) is 0 Å². The van der Waals surface area contributed by atoms with E-state index in [1.54, 1.807) is 10.9 Å². The van der Waals surface area contributed by atoms with Crippen molar-refractivity contribution in [2.75, 3.05) is 31.1 Å². The van der Waals surface area contributed by atoms with Crippen molar-refractivity contribution in [1.82, 2.24) is 24.1 Å². The maximum absolute atomic E-state index is 13.4. The topological polar surface area (TPSA) is 84.2 Å². The lowest BCUT2D eigenvalue weighted by molar-refractivity contribution is 0.384. The van der Waals surface area contributed by atoms with Gasteiger partial charge in [0.05, 0.1) is 27.2 Å². The second-order valence-electron chi connectivity index (χ2n) is 7.29. The fraction of sp³-hybridized carbons (Fsp3) is 0.190. The normalized spacial score (nSPS) is 15.4. The van der Waals surface area contributed by atoms with Gasteiger partial charge >= 0.3 is 0 Å². The van der Waals surface area contributed by atoms with E-state index in [1.165, 1.54) is 16.7 Å². The number of piperazine rings is 1. The molecule has 1 aliphatic heterocycles. The van der Waals surface area contributed by atoms with Crippen molar-refractivity contribution in [3.05, 3.63) is 71.9 Å². The number of hydrogen-bond donors (Lipinski definition) is 0. The van der Waals surface area contributed by atoms with Crippen molar-refractivity contribution >= 4 is 38.5 Å². The summed E-state index contributed by atoms with van der Waals surface area (Å²) in [5.41, 5.74) is 1.57. The van der Waals surface area contributed by atoms with Crippen LogP contribution in [0, 0.1) is 5.82 Å². The number of fused-ring (bicyclic) bond motifs is 1. The number of sulfonamides is 1. The molecule has 0 N–H and O–H groups in total. The van der Waals surface area contributed by atoms with Crippen LogP contribution in [0.4, 0.5) is 10.2 Å². The van der Waals surface area contributed by atoms with Gasteiger partial charge in [0.15, 0.2) is 5.65 Å². The molecule has 0 spiro atoms. The van der Waals surface area contributed by atoms with E-state index >= 15 is 0 Å². The molecule has 1 saturated heterocycles. The highest BCUT2D eigenvalue weighted by atomic mass is 35.5. The zero-order valence-corrected chi connectivity index (χ0v) is 18.3. The molecule has 2 aromatic carbocycles. The first-order chi connectivity index (χ1) is 15.4. The van der Waals surface area contributed by atoms with E-state index in [4.69, 9.17) is 11.6 Å². The van der Waals surface area contributed by atoms with Gasteiger partial charge in [0, 0.05) is 26.2 Å². The van der Waals surface area contributed by atoms with E-state index in [0.29, 0.717) is 24.6 Å². The van der Waals surface area contributed by atoms with E-state index in [0.717, 1.165) is 23.2 Å². The van der Waals surface area contributed by atoms with Crippen LogP contribution in [-0.4, -0.2) is 58.7 Å². The molecule has 0 radical (unpaired) electrons. The number of nitrogens with zero attached hydrogens (tertiary/aromatic N) is 6. The van der Waals surface area contributed by atoms with Crippen LogP contribution in [0.5, 0.6) is 0 Å². The van der Waals surface area contributed by atoms with Crippen LogP contribution in [0.3, 0.4) is 0 Å². The Morgan fingerprint density at radius 3 is 2.44 bits per heavy atom. The van der Waals surface area contributed by atoms with Crippen LogP contribution in [0.25, 0.3) is 16.7 Å². The van der Waals surface area contributed by atoms with Gasteiger partial charge < -0.3 is 4.90 Å². The third kappa shape index (κ3) is 3.60. The highest BCUT2D eigenvalue weighted by Gasteiger charge is 2.30. The molecule has 1 aliphatic rings. The average molecular weight is 473 g/mol. The van der Waals surface area contributed by atoms with Crippen LogP contribution in [0.1, 0.15) is 0 Å². The summed E-state index contributed by atoms with van der Waals surface area (Å²) in [7, 11) is -3.77. The van der Waals surface area contributed by atoms with Gasteiger partial charge in [0.2, 0.25) is 10.0 Å². The molecule has 8 nitrogen and oxygen atoms in total. The predicted octanol–water partition coefficient (Wildman–Crippen LogP) is 3.12. The Hall–Kier alpha value is -3.08. The quantitative estimate of drug-likeness (QED) is 0.454. The second kappa shape index (κ2) is 8.12. The summed E-state index contributed by atoms with van der Waals surface area (Å²) in [6.45, 7) is 1.40. The number of halogens is 2. The molecule has 3 heterocycles. The van der Waals surface area contributed by atoms with Crippen LogP contribution < -0.4 is 4.90 Å². The number of anilines is 1. The fourth-order valence-corrected chi connectivity index (χ4v) is 5.46. The average Bonchev–Trinajstić information content (AvgIpc) is 3.26. The number of hydrogen-bond acceptors (Lipinski definition) is 6. The van der Waals surface area contributed by atoms with Gasteiger partial charge in [-0.3, -0.25) is 0 Å². The molecule has 164 valence electrons. The molecule has 5 rings (SSSR count). The predicted molar refractivity (Wildman–Crippen MR) is 119 cm³/mol. The summed E-state index contributed by atoms with van der Waals surface area (Å²) >= 11 is 5.78. The molecule has 0 amide bonds. The summed E-state index contributed by atoms with van der Waals surface area (Å²) in [6.07, 6.45) is 3.21. The highest BCUT2D eigenvalue weighted by Crippen LogP contribution is 2.27. The Balaban J connectivity index is 1.39. The molecule has 4 aromatic rings. The minimum atomic E-state index is -3.77. The van der Waals surface area contributed by atoms with E-state index in [1.807, 2.05) is 35.2 Å². The Morgan fingerprint density at radius 2 is 1.72 bits per heavy atom. The van der Waals surface area contributed by atoms with Gasteiger partial charge in [-0.1, -0.05) is 29.8 Å². The molecule has 0 unspecified atom stereocenters. The molecule has 0 atom stereocenters. The Morgan fingerprint density at radius 1 is 0.969 bits per heavy atom. The maximum atomic E-state index is 13.4. The van der Waals surface area contributed by atoms with E-state index < -0.39 is 15.8 Å². The lowest BCUT2D eigenvalue weighted by Gasteiger charge is -2.34. The van der Waals surface area contributed by atoms with Gasteiger partial charge in [0.1, 0.15) is 18.0 Å². The summed E-state index contributed by atoms with van der Waals surface area (Å²) in [4.78, 5) is 10.8. The number of rotatable bonds is 4. The monoisotopic (exact) mass is 472 g/mol. The molecule has 1 fully saturated rings. The van der Waals surface area contributed by atoms with E-state index in [2.05, 4.69) is 15.1 Å². The lowest BCUT2D eigenvalue weighted by Crippen LogP contribution is -2.49. The minimum Gasteiger partial charge on any atom is -0.353 e. The van der Waals surface area contributed by atoms with Crippen LogP contribution in [-0.2, 0) is 10.0 Å². The SMILES string of the molecule is O=S(=O)(c1ccc(F)c(Cl)c1)N1CCN(c2ncnc3c2cnn3-c2ccccc2)CC1. The van der Waals surface area contributed by atoms with Crippen LogP contribution in [0.15, 0.2) is 66.0 Å². The Labute approximate surface area is 188 Å². The van der Waals surface area contributed by atoms with Gasteiger partial charge in [-0.2, -0.15) is 9.40 Å². The summed E-state index contributed by atoms with van der Waals surface area (Å²) in [5.74, 6) is 0.0540. The molecule has 0 bridgehead atoms. The van der Waals surface area contributed by atoms with Crippen molar-refractivity contribution in [3.8, 4) is 5.69 Å². The van der Waals surface area contributed by atoms with Crippen molar-refractivity contribution in [2.24, 2.45) is 0 Å². The molecule has 0 aliphatic carbocycles. The number of benzene rings is 2. The van der Waals surface area contributed by atoms with E-state index in [-0.39, 0.29) is 23.0 Å². The molecular weight excluding hydrogens is 455 g/mol. The summed E-state index contributed by atoms with van der Waals surface area (Å²) in [5, 5.41) is 5.04. The highest BCUT2D eigenvalue weighted by molar-refractivity contribution is 7.89. The first-order valence-electron chi connectivity index (χ1n) is 9.89.